The van der Waals surface area contributed by atoms with E-state index in [-0.39, 0.29) is 29.3 Å². The van der Waals surface area contributed by atoms with E-state index in [2.05, 4.69) is 0 Å². The third-order valence-corrected chi connectivity index (χ3v) is 5.28. The largest absolute Gasteiger partial charge is 0.507 e. The molecule has 1 amide bonds. The number of likely N-dealkylation sites (tertiary alicyclic amines) is 1. The number of hydrogen-bond acceptors (Lipinski definition) is 4. The minimum Gasteiger partial charge on any atom is -0.507 e. The number of ether oxygens (including phenoxy) is 1. The van der Waals surface area contributed by atoms with Crippen molar-refractivity contribution in [2.75, 3.05) is 13.2 Å². The lowest BCUT2D eigenvalue weighted by Gasteiger charge is -2.27. The van der Waals surface area contributed by atoms with Gasteiger partial charge >= 0.3 is 0 Å². The van der Waals surface area contributed by atoms with Gasteiger partial charge < -0.3 is 14.7 Å². The van der Waals surface area contributed by atoms with Gasteiger partial charge in [-0.2, -0.15) is 0 Å². The normalized spacial score (nSPS) is 23.7. The summed E-state index contributed by atoms with van der Waals surface area (Å²) in [4.78, 5) is 26.9. The Kier molecular flexibility index (Phi) is 5.15. The Morgan fingerprint density at radius 2 is 1.83 bits per heavy atom. The van der Waals surface area contributed by atoms with Crippen LogP contribution in [0, 0.1) is 11.6 Å². The lowest BCUT2D eigenvalue weighted by Crippen LogP contribution is -2.36. The topological polar surface area (TPSA) is 66.8 Å². The van der Waals surface area contributed by atoms with Gasteiger partial charge in [-0.25, -0.2) is 8.78 Å². The van der Waals surface area contributed by atoms with E-state index in [9.17, 15) is 23.5 Å². The van der Waals surface area contributed by atoms with Crippen molar-refractivity contribution < 1.29 is 28.2 Å². The highest BCUT2D eigenvalue weighted by Gasteiger charge is 2.47. The van der Waals surface area contributed by atoms with Crippen LogP contribution in [0.15, 0.2) is 54.1 Å². The Morgan fingerprint density at radius 1 is 1.10 bits per heavy atom. The quantitative estimate of drug-likeness (QED) is 0.485. The van der Waals surface area contributed by atoms with E-state index in [1.165, 1.54) is 35.2 Å². The summed E-state index contributed by atoms with van der Waals surface area (Å²) in [6.45, 7) is 0.679. The predicted molar refractivity (Wildman–Crippen MR) is 101 cm³/mol. The van der Waals surface area contributed by atoms with Crippen molar-refractivity contribution >= 4 is 17.4 Å². The van der Waals surface area contributed by atoms with Crippen LogP contribution in [0.25, 0.3) is 5.76 Å². The van der Waals surface area contributed by atoms with Crippen molar-refractivity contribution in [3.8, 4) is 0 Å². The number of nitrogens with zero attached hydrogens (tertiary/aromatic N) is 1. The highest BCUT2D eigenvalue weighted by molar-refractivity contribution is 6.46. The van der Waals surface area contributed by atoms with Gasteiger partial charge in [0.05, 0.1) is 17.7 Å². The van der Waals surface area contributed by atoms with Crippen molar-refractivity contribution in [1.29, 1.82) is 0 Å². The zero-order chi connectivity index (χ0) is 20.5. The van der Waals surface area contributed by atoms with Gasteiger partial charge in [-0.05, 0) is 43.2 Å². The van der Waals surface area contributed by atoms with Crippen LogP contribution in [-0.2, 0) is 14.3 Å². The Hall–Kier alpha value is -3.06. The number of amides is 1. The van der Waals surface area contributed by atoms with Gasteiger partial charge in [-0.15, -0.1) is 0 Å². The predicted octanol–water partition coefficient (Wildman–Crippen LogP) is 3.57. The van der Waals surface area contributed by atoms with Gasteiger partial charge in [0.25, 0.3) is 11.7 Å². The van der Waals surface area contributed by atoms with E-state index in [1.807, 2.05) is 0 Å². The van der Waals surface area contributed by atoms with E-state index < -0.39 is 35.1 Å². The lowest BCUT2D eigenvalue weighted by atomic mass is 9.95. The first kappa shape index (κ1) is 19.3. The highest BCUT2D eigenvalue weighted by Crippen LogP contribution is 2.40. The maximum Gasteiger partial charge on any atom is 0.295 e. The number of hydrogen-bond donors (Lipinski definition) is 1. The Morgan fingerprint density at radius 3 is 2.48 bits per heavy atom. The van der Waals surface area contributed by atoms with E-state index in [0.717, 1.165) is 25.0 Å². The molecular formula is C22H19F2NO4. The average molecular weight is 399 g/mol. The molecule has 2 aromatic rings. The molecule has 0 bridgehead atoms. The summed E-state index contributed by atoms with van der Waals surface area (Å²) in [5.74, 6) is -3.30. The van der Waals surface area contributed by atoms with Crippen molar-refractivity contribution in [2.45, 2.75) is 25.0 Å². The fraction of sp³-hybridized carbons (Fsp3) is 0.273. The molecule has 2 saturated heterocycles. The molecule has 2 aromatic carbocycles. The minimum absolute atomic E-state index is 0.105. The minimum atomic E-state index is -1.09. The standard InChI is InChI=1S/C22H19F2NO4/c23-14-9-7-13(8-10-14)20(26)18-19(16-5-1-2-6-17(16)24)25(22(28)21(18)27)12-15-4-3-11-29-15/h1-2,5-10,15,19,26H,3-4,11-12H2/b20-18-. The van der Waals surface area contributed by atoms with Gasteiger partial charge in [-0.3, -0.25) is 9.59 Å². The molecular weight excluding hydrogens is 380 g/mol. The average Bonchev–Trinajstić information content (AvgIpc) is 3.31. The molecule has 2 atom stereocenters. The molecule has 5 nitrogen and oxygen atoms in total. The smallest absolute Gasteiger partial charge is 0.295 e. The summed E-state index contributed by atoms with van der Waals surface area (Å²) in [5.41, 5.74) is 0.0564. The maximum absolute atomic E-state index is 14.6. The second-order valence-corrected chi connectivity index (χ2v) is 7.11. The van der Waals surface area contributed by atoms with Gasteiger partial charge in [-0.1, -0.05) is 18.2 Å². The number of rotatable bonds is 4. The monoisotopic (exact) mass is 399 g/mol. The molecule has 0 spiro atoms. The fourth-order valence-corrected chi connectivity index (χ4v) is 3.86. The number of carbonyl (C=O) groups is 2. The Bertz CT molecular complexity index is 981. The Balaban J connectivity index is 1.84. The summed E-state index contributed by atoms with van der Waals surface area (Å²) >= 11 is 0. The van der Waals surface area contributed by atoms with E-state index >= 15 is 0 Å². The fourth-order valence-electron chi connectivity index (χ4n) is 3.86. The summed E-state index contributed by atoms with van der Waals surface area (Å²) in [6.07, 6.45) is 1.31. The molecule has 2 aliphatic heterocycles. The van der Waals surface area contributed by atoms with Crippen LogP contribution in [0.5, 0.6) is 0 Å². The van der Waals surface area contributed by atoms with Crippen molar-refractivity contribution in [1.82, 2.24) is 4.90 Å². The first-order valence-corrected chi connectivity index (χ1v) is 9.37. The number of aliphatic hydroxyl groups is 1. The van der Waals surface area contributed by atoms with Crippen LogP contribution in [0.4, 0.5) is 8.78 Å². The van der Waals surface area contributed by atoms with Gasteiger partial charge in [0.15, 0.2) is 0 Å². The van der Waals surface area contributed by atoms with Crippen LogP contribution in [0.2, 0.25) is 0 Å². The molecule has 1 N–H and O–H groups in total. The highest BCUT2D eigenvalue weighted by atomic mass is 19.1. The first-order valence-electron chi connectivity index (χ1n) is 9.37. The molecule has 150 valence electrons. The second-order valence-electron chi connectivity index (χ2n) is 7.11. The maximum atomic E-state index is 14.6. The zero-order valence-corrected chi connectivity index (χ0v) is 15.5. The second kappa shape index (κ2) is 7.75. The Labute approximate surface area is 166 Å². The SMILES string of the molecule is O=C1C(=O)N(CC2CCCO2)C(c2ccccc2F)/C1=C(/O)c1ccc(F)cc1. The third kappa shape index (κ3) is 3.53. The van der Waals surface area contributed by atoms with Gasteiger partial charge in [0.2, 0.25) is 0 Å². The van der Waals surface area contributed by atoms with Gasteiger partial charge in [0.1, 0.15) is 17.4 Å². The molecule has 0 saturated carbocycles. The number of benzene rings is 2. The lowest BCUT2D eigenvalue weighted by molar-refractivity contribution is -0.140. The summed E-state index contributed by atoms with van der Waals surface area (Å²) < 4.78 is 33.5. The summed E-state index contributed by atoms with van der Waals surface area (Å²) in [5, 5.41) is 10.8. The molecule has 4 rings (SSSR count). The van der Waals surface area contributed by atoms with Crippen LogP contribution in [0.1, 0.15) is 30.0 Å². The molecule has 2 heterocycles. The van der Waals surface area contributed by atoms with Crippen LogP contribution >= 0.6 is 0 Å². The molecule has 0 aliphatic carbocycles. The molecule has 0 aromatic heterocycles. The van der Waals surface area contributed by atoms with Crippen molar-refractivity contribution in [3.63, 3.8) is 0 Å². The third-order valence-electron chi connectivity index (χ3n) is 5.28. The van der Waals surface area contributed by atoms with Crippen LogP contribution < -0.4 is 0 Å². The van der Waals surface area contributed by atoms with Crippen LogP contribution in [0.3, 0.4) is 0 Å². The molecule has 7 heteroatoms. The number of ketones is 1. The van der Waals surface area contributed by atoms with Crippen molar-refractivity contribution in [3.05, 3.63) is 76.9 Å². The van der Waals surface area contributed by atoms with E-state index in [0.29, 0.717) is 6.61 Å². The summed E-state index contributed by atoms with van der Waals surface area (Å²) in [6, 6.07) is 9.60. The van der Waals surface area contributed by atoms with Crippen LogP contribution in [-0.4, -0.2) is 41.0 Å². The van der Waals surface area contributed by atoms with E-state index in [1.54, 1.807) is 6.07 Å². The number of Topliss-reactive ketones (excluding diaryl/α,β-unsaturated/α-hetero) is 1. The van der Waals surface area contributed by atoms with Gasteiger partial charge in [0, 0.05) is 24.3 Å². The molecule has 29 heavy (non-hydrogen) atoms. The molecule has 2 aliphatic rings. The first-order chi connectivity index (χ1) is 14.0. The zero-order valence-electron chi connectivity index (χ0n) is 15.5. The molecule has 0 radical (unpaired) electrons. The summed E-state index contributed by atoms with van der Waals surface area (Å²) in [7, 11) is 0. The van der Waals surface area contributed by atoms with Crippen molar-refractivity contribution in [2.24, 2.45) is 0 Å². The van der Waals surface area contributed by atoms with E-state index in [4.69, 9.17) is 4.74 Å². The number of aliphatic hydroxyl groups excluding tert-OH is 1. The molecule has 2 unspecified atom stereocenters. The number of halogens is 2. The number of carbonyl (C=O) groups excluding carboxylic acids is 2. The molecule has 2 fully saturated rings.